The van der Waals surface area contributed by atoms with Crippen LogP contribution in [0.25, 0.3) is 11.1 Å². The Bertz CT molecular complexity index is 896. The summed E-state index contributed by atoms with van der Waals surface area (Å²) in [6.07, 6.45) is 3.57. The van der Waals surface area contributed by atoms with E-state index in [2.05, 4.69) is 24.3 Å². The highest BCUT2D eigenvalue weighted by Gasteiger charge is 2.44. The number of carboxylic acid groups (broad SMARTS) is 1. The van der Waals surface area contributed by atoms with Crippen molar-refractivity contribution in [1.82, 2.24) is 4.90 Å². The zero-order valence-corrected chi connectivity index (χ0v) is 16.3. The van der Waals surface area contributed by atoms with E-state index in [-0.39, 0.29) is 30.0 Å². The van der Waals surface area contributed by atoms with Gasteiger partial charge in [0, 0.05) is 18.0 Å². The third-order valence-electron chi connectivity index (χ3n) is 6.87. The average Bonchev–Trinajstić information content (AvgIpc) is 3.05. The second-order valence-corrected chi connectivity index (χ2v) is 8.46. The molecule has 0 radical (unpaired) electrons. The maximum absolute atomic E-state index is 13.0. The van der Waals surface area contributed by atoms with E-state index in [0.717, 1.165) is 19.3 Å². The van der Waals surface area contributed by atoms with Crippen molar-refractivity contribution in [3.8, 4) is 11.1 Å². The summed E-state index contributed by atoms with van der Waals surface area (Å²) >= 11 is 0. The molecule has 1 aliphatic carbocycles. The number of nitrogens with zero attached hydrogens (tertiary/aromatic N) is 1. The van der Waals surface area contributed by atoms with Crippen molar-refractivity contribution in [1.29, 1.82) is 0 Å². The monoisotopic (exact) mass is 391 g/mol. The van der Waals surface area contributed by atoms with Crippen molar-refractivity contribution < 1.29 is 19.4 Å². The van der Waals surface area contributed by atoms with Gasteiger partial charge in [-0.3, -0.25) is 4.79 Å². The van der Waals surface area contributed by atoms with Crippen LogP contribution in [-0.4, -0.2) is 40.8 Å². The summed E-state index contributed by atoms with van der Waals surface area (Å²) in [5, 5.41) is 9.42. The lowest BCUT2D eigenvalue weighted by molar-refractivity contribution is -0.145. The first-order valence-corrected chi connectivity index (χ1v) is 10.5. The molecule has 2 saturated heterocycles. The Balaban J connectivity index is 1.33. The first kappa shape index (κ1) is 18.2. The van der Waals surface area contributed by atoms with Gasteiger partial charge in [0.2, 0.25) is 0 Å². The lowest BCUT2D eigenvalue weighted by Gasteiger charge is -2.47. The highest BCUT2D eigenvalue weighted by Crippen LogP contribution is 2.45. The van der Waals surface area contributed by atoms with Crippen LogP contribution in [0.15, 0.2) is 48.5 Å². The Labute approximate surface area is 170 Å². The minimum Gasteiger partial charge on any atom is -0.481 e. The van der Waals surface area contributed by atoms with E-state index in [0.29, 0.717) is 19.4 Å². The molecule has 0 aromatic heterocycles. The number of rotatable bonds is 3. The zero-order valence-electron chi connectivity index (χ0n) is 16.3. The predicted octanol–water partition coefficient (Wildman–Crippen LogP) is 4.65. The van der Waals surface area contributed by atoms with E-state index in [1.807, 2.05) is 29.2 Å². The molecular weight excluding hydrogens is 366 g/mol. The fourth-order valence-electron chi connectivity index (χ4n) is 5.55. The molecular formula is C24H25NO4. The molecule has 2 atom stereocenters. The second kappa shape index (κ2) is 7.21. The van der Waals surface area contributed by atoms with Gasteiger partial charge in [-0.05, 0) is 54.4 Å². The summed E-state index contributed by atoms with van der Waals surface area (Å²) in [4.78, 5) is 26.3. The van der Waals surface area contributed by atoms with Crippen LogP contribution in [0, 0.1) is 5.92 Å². The summed E-state index contributed by atoms with van der Waals surface area (Å²) in [6, 6.07) is 16.6. The van der Waals surface area contributed by atoms with Crippen LogP contribution in [0.1, 0.15) is 49.1 Å². The molecule has 2 bridgehead atoms. The second-order valence-electron chi connectivity index (χ2n) is 8.46. The summed E-state index contributed by atoms with van der Waals surface area (Å²) in [5.41, 5.74) is 4.82. The van der Waals surface area contributed by atoms with Crippen LogP contribution in [0.5, 0.6) is 0 Å². The first-order valence-electron chi connectivity index (χ1n) is 10.5. The van der Waals surface area contributed by atoms with E-state index in [1.54, 1.807) is 0 Å². The van der Waals surface area contributed by atoms with Gasteiger partial charge in [-0.15, -0.1) is 0 Å². The molecule has 2 aromatic carbocycles. The van der Waals surface area contributed by atoms with E-state index in [1.165, 1.54) is 22.3 Å². The van der Waals surface area contributed by atoms with E-state index >= 15 is 0 Å². The third-order valence-corrected chi connectivity index (χ3v) is 6.87. The average molecular weight is 391 g/mol. The highest BCUT2D eigenvalue weighted by molar-refractivity contribution is 5.79. The molecule has 2 unspecified atom stereocenters. The van der Waals surface area contributed by atoms with E-state index in [9.17, 15) is 14.7 Å². The standard InChI is InChI=1S/C24H25NO4/c26-23(27)15-12-16-6-5-7-17(13-15)25(16)24(28)29-14-22-20-10-3-1-8-18(20)19-9-2-4-11-21(19)22/h1-4,8-11,15-17,22H,5-7,12-14H2,(H,26,27). The number of carboxylic acids is 1. The maximum Gasteiger partial charge on any atom is 0.410 e. The number of benzene rings is 2. The highest BCUT2D eigenvalue weighted by atomic mass is 16.6. The van der Waals surface area contributed by atoms with Crippen LogP contribution in [0.2, 0.25) is 0 Å². The van der Waals surface area contributed by atoms with Crippen molar-refractivity contribution in [2.75, 3.05) is 6.61 Å². The number of aliphatic carboxylic acids is 1. The van der Waals surface area contributed by atoms with Crippen LogP contribution in [0.3, 0.4) is 0 Å². The minimum atomic E-state index is -0.742. The van der Waals surface area contributed by atoms with Gasteiger partial charge < -0.3 is 14.7 Å². The molecule has 2 aliphatic heterocycles. The SMILES string of the molecule is O=C(O)C1CC2CCCC(C1)N2C(=O)OCC1c2ccccc2-c2ccccc21. The summed E-state index contributed by atoms with van der Waals surface area (Å²) in [7, 11) is 0. The van der Waals surface area contributed by atoms with Crippen molar-refractivity contribution in [2.45, 2.75) is 50.1 Å². The molecule has 0 spiro atoms. The van der Waals surface area contributed by atoms with Gasteiger partial charge in [0.1, 0.15) is 6.61 Å². The molecule has 0 saturated carbocycles. The molecule has 5 rings (SSSR count). The molecule has 1 amide bonds. The summed E-state index contributed by atoms with van der Waals surface area (Å²) in [6.45, 7) is 0.311. The van der Waals surface area contributed by atoms with Gasteiger partial charge in [-0.2, -0.15) is 0 Å². The fraction of sp³-hybridized carbons (Fsp3) is 0.417. The Kier molecular flexibility index (Phi) is 4.53. The number of carbonyl (C=O) groups excluding carboxylic acids is 1. The third kappa shape index (κ3) is 3.09. The Morgan fingerprint density at radius 1 is 0.931 bits per heavy atom. The lowest BCUT2D eigenvalue weighted by Crippen LogP contribution is -2.55. The van der Waals surface area contributed by atoms with Crippen molar-refractivity contribution in [3.63, 3.8) is 0 Å². The van der Waals surface area contributed by atoms with Gasteiger partial charge in [-0.1, -0.05) is 48.5 Å². The zero-order chi connectivity index (χ0) is 20.0. The summed E-state index contributed by atoms with van der Waals surface area (Å²) < 4.78 is 5.85. The number of ether oxygens (including phenoxy) is 1. The first-order chi connectivity index (χ1) is 14.1. The summed E-state index contributed by atoms with van der Waals surface area (Å²) in [5.74, 6) is -1.04. The van der Waals surface area contributed by atoms with Gasteiger partial charge >= 0.3 is 12.1 Å². The molecule has 2 aromatic rings. The Hall–Kier alpha value is -2.82. The van der Waals surface area contributed by atoms with Gasteiger partial charge in [0.25, 0.3) is 0 Å². The quantitative estimate of drug-likeness (QED) is 0.827. The molecule has 2 heterocycles. The number of amides is 1. The number of hydrogen-bond donors (Lipinski definition) is 1. The number of fused-ring (bicyclic) bond motifs is 5. The Morgan fingerprint density at radius 3 is 2.03 bits per heavy atom. The lowest BCUT2D eigenvalue weighted by atomic mass is 9.78. The fourth-order valence-corrected chi connectivity index (χ4v) is 5.55. The largest absolute Gasteiger partial charge is 0.481 e. The van der Waals surface area contributed by atoms with Gasteiger partial charge in [0.05, 0.1) is 5.92 Å². The molecule has 2 fully saturated rings. The minimum absolute atomic E-state index is 0.0146. The smallest absolute Gasteiger partial charge is 0.410 e. The molecule has 29 heavy (non-hydrogen) atoms. The van der Waals surface area contributed by atoms with Crippen LogP contribution >= 0.6 is 0 Å². The molecule has 3 aliphatic rings. The molecule has 5 heteroatoms. The number of hydrogen-bond acceptors (Lipinski definition) is 3. The Morgan fingerprint density at radius 2 is 1.48 bits per heavy atom. The van der Waals surface area contributed by atoms with Crippen molar-refractivity contribution >= 4 is 12.1 Å². The van der Waals surface area contributed by atoms with Crippen LogP contribution < -0.4 is 0 Å². The van der Waals surface area contributed by atoms with E-state index in [4.69, 9.17) is 4.74 Å². The maximum atomic E-state index is 13.0. The van der Waals surface area contributed by atoms with Gasteiger partial charge in [0.15, 0.2) is 0 Å². The number of carbonyl (C=O) groups is 2. The van der Waals surface area contributed by atoms with E-state index < -0.39 is 5.97 Å². The van der Waals surface area contributed by atoms with Crippen LogP contribution in [0.4, 0.5) is 4.79 Å². The molecule has 5 nitrogen and oxygen atoms in total. The van der Waals surface area contributed by atoms with Crippen molar-refractivity contribution in [3.05, 3.63) is 59.7 Å². The normalized spacial score (nSPS) is 25.2. The van der Waals surface area contributed by atoms with Crippen LogP contribution in [-0.2, 0) is 9.53 Å². The topological polar surface area (TPSA) is 66.8 Å². The van der Waals surface area contributed by atoms with Crippen molar-refractivity contribution in [2.24, 2.45) is 5.92 Å². The molecule has 150 valence electrons. The number of piperidine rings is 2. The molecule has 1 N–H and O–H groups in total. The van der Waals surface area contributed by atoms with Gasteiger partial charge in [-0.25, -0.2) is 4.79 Å². The predicted molar refractivity (Wildman–Crippen MR) is 109 cm³/mol.